The second kappa shape index (κ2) is 6.22. The molecule has 3 rings (SSSR count). The molecule has 1 aliphatic heterocycles. The number of rotatable bonds is 2. The molecule has 1 saturated heterocycles. The van der Waals surface area contributed by atoms with Crippen LogP contribution < -0.4 is 0 Å². The number of nitrogens with zero attached hydrogens (tertiary/aromatic N) is 4. The summed E-state index contributed by atoms with van der Waals surface area (Å²) >= 11 is 0. The van der Waals surface area contributed by atoms with Gasteiger partial charge in [-0.05, 0) is 40.5 Å². The fourth-order valence-electron chi connectivity index (χ4n) is 2.82. The van der Waals surface area contributed by atoms with Crippen LogP contribution in [0.15, 0.2) is 23.0 Å². The molecule has 3 heterocycles. The van der Waals surface area contributed by atoms with Crippen molar-refractivity contribution in [3.63, 3.8) is 0 Å². The van der Waals surface area contributed by atoms with E-state index in [0.29, 0.717) is 23.7 Å². The highest BCUT2D eigenvalue weighted by atomic mass is 16.6. The maximum absolute atomic E-state index is 12.4. The van der Waals surface area contributed by atoms with Crippen LogP contribution in [0.1, 0.15) is 51.1 Å². The van der Waals surface area contributed by atoms with E-state index >= 15 is 0 Å². The maximum Gasteiger partial charge on any atom is 0.410 e. The van der Waals surface area contributed by atoms with Gasteiger partial charge in [-0.2, -0.15) is 0 Å². The van der Waals surface area contributed by atoms with Gasteiger partial charge in [0.25, 0.3) is 0 Å². The summed E-state index contributed by atoms with van der Waals surface area (Å²) in [6.45, 7) is 8.11. The summed E-state index contributed by atoms with van der Waals surface area (Å²) in [6.07, 6.45) is 4.68. The SMILES string of the molecule is Cc1nccnc1-c1cc([C@H]2CCCN2C(=O)OC(C)(C)C)on1. The number of carbonyl (C=O) groups is 1. The summed E-state index contributed by atoms with van der Waals surface area (Å²) in [7, 11) is 0. The molecule has 1 atom stereocenters. The first-order chi connectivity index (χ1) is 11.3. The third kappa shape index (κ3) is 3.39. The Bertz CT molecular complexity index is 735. The van der Waals surface area contributed by atoms with Crippen molar-refractivity contribution in [1.82, 2.24) is 20.0 Å². The Hall–Kier alpha value is -2.44. The van der Waals surface area contributed by atoms with Crippen LogP contribution in [0.25, 0.3) is 11.4 Å². The highest BCUT2D eigenvalue weighted by Gasteiger charge is 2.35. The van der Waals surface area contributed by atoms with Gasteiger partial charge in [0.1, 0.15) is 17.0 Å². The third-order valence-electron chi connectivity index (χ3n) is 3.86. The number of aromatic nitrogens is 3. The van der Waals surface area contributed by atoms with Gasteiger partial charge in [0.2, 0.25) is 0 Å². The number of aryl methyl sites for hydroxylation is 1. The van der Waals surface area contributed by atoms with Crippen molar-refractivity contribution < 1.29 is 14.1 Å². The molecular formula is C17H22N4O3. The second-order valence-electron chi connectivity index (χ2n) is 6.94. The van der Waals surface area contributed by atoms with E-state index in [4.69, 9.17) is 9.26 Å². The molecule has 0 N–H and O–H groups in total. The number of hydrogen-bond acceptors (Lipinski definition) is 6. The van der Waals surface area contributed by atoms with Gasteiger partial charge in [0.05, 0.1) is 11.7 Å². The summed E-state index contributed by atoms with van der Waals surface area (Å²) in [6, 6.07) is 1.68. The van der Waals surface area contributed by atoms with Gasteiger partial charge in [-0.15, -0.1) is 0 Å². The summed E-state index contributed by atoms with van der Waals surface area (Å²) in [5, 5.41) is 4.10. The van der Waals surface area contributed by atoms with Gasteiger partial charge in [-0.3, -0.25) is 14.9 Å². The molecule has 128 valence electrons. The molecule has 0 radical (unpaired) electrons. The van der Waals surface area contributed by atoms with Crippen molar-refractivity contribution in [3.05, 3.63) is 29.9 Å². The van der Waals surface area contributed by atoms with E-state index in [9.17, 15) is 4.79 Å². The lowest BCUT2D eigenvalue weighted by molar-refractivity contribution is 0.0204. The summed E-state index contributed by atoms with van der Waals surface area (Å²) in [4.78, 5) is 22.6. The predicted molar refractivity (Wildman–Crippen MR) is 87.2 cm³/mol. The molecule has 1 fully saturated rings. The van der Waals surface area contributed by atoms with Gasteiger partial charge < -0.3 is 9.26 Å². The van der Waals surface area contributed by atoms with Gasteiger partial charge in [0.15, 0.2) is 5.76 Å². The monoisotopic (exact) mass is 330 g/mol. The lowest BCUT2D eigenvalue weighted by atomic mass is 10.1. The Morgan fingerprint density at radius 1 is 1.33 bits per heavy atom. The molecule has 1 amide bonds. The maximum atomic E-state index is 12.4. The number of ether oxygens (including phenoxy) is 1. The molecule has 2 aromatic heterocycles. The minimum absolute atomic E-state index is 0.155. The van der Waals surface area contributed by atoms with E-state index in [1.165, 1.54) is 0 Å². The predicted octanol–water partition coefficient (Wildman–Crippen LogP) is 3.51. The summed E-state index contributed by atoms with van der Waals surface area (Å²) in [5.74, 6) is 0.651. The summed E-state index contributed by atoms with van der Waals surface area (Å²) in [5.41, 5.74) is 1.59. The smallest absolute Gasteiger partial charge is 0.410 e. The molecule has 1 aliphatic rings. The molecule has 0 bridgehead atoms. The minimum atomic E-state index is -0.520. The molecule has 7 nitrogen and oxygen atoms in total. The largest absolute Gasteiger partial charge is 0.444 e. The zero-order chi connectivity index (χ0) is 17.3. The van der Waals surface area contributed by atoms with Crippen LogP contribution in [0, 0.1) is 6.92 Å². The number of carbonyl (C=O) groups excluding carboxylic acids is 1. The van der Waals surface area contributed by atoms with E-state index in [1.54, 1.807) is 17.3 Å². The van der Waals surface area contributed by atoms with Crippen LogP contribution >= 0.6 is 0 Å². The van der Waals surface area contributed by atoms with Crippen molar-refractivity contribution in [2.75, 3.05) is 6.54 Å². The van der Waals surface area contributed by atoms with Crippen molar-refractivity contribution in [3.8, 4) is 11.4 Å². The lowest BCUT2D eigenvalue weighted by Gasteiger charge is -2.27. The fourth-order valence-corrected chi connectivity index (χ4v) is 2.82. The van der Waals surface area contributed by atoms with E-state index in [2.05, 4.69) is 15.1 Å². The van der Waals surface area contributed by atoms with Crippen LogP contribution in [0.2, 0.25) is 0 Å². The van der Waals surface area contributed by atoms with E-state index in [-0.39, 0.29) is 12.1 Å². The Balaban J connectivity index is 1.81. The molecule has 0 spiro atoms. The number of likely N-dealkylation sites (tertiary alicyclic amines) is 1. The van der Waals surface area contributed by atoms with E-state index < -0.39 is 5.60 Å². The van der Waals surface area contributed by atoms with Gasteiger partial charge in [0, 0.05) is 25.0 Å². The van der Waals surface area contributed by atoms with Crippen LogP contribution in [-0.4, -0.2) is 38.3 Å². The molecule has 0 aromatic carbocycles. The van der Waals surface area contributed by atoms with Crippen molar-refractivity contribution in [2.45, 2.75) is 52.2 Å². The van der Waals surface area contributed by atoms with Crippen LogP contribution in [-0.2, 0) is 4.74 Å². The van der Waals surface area contributed by atoms with Gasteiger partial charge in [-0.25, -0.2) is 4.79 Å². The quantitative estimate of drug-likeness (QED) is 0.838. The first kappa shape index (κ1) is 16.4. The normalized spacial score (nSPS) is 18.0. The Labute approximate surface area is 141 Å². The number of hydrogen-bond donors (Lipinski definition) is 0. The molecule has 0 unspecified atom stereocenters. The third-order valence-corrected chi connectivity index (χ3v) is 3.86. The fraction of sp³-hybridized carbons (Fsp3) is 0.529. The van der Waals surface area contributed by atoms with E-state index in [1.807, 2.05) is 33.8 Å². The molecule has 7 heteroatoms. The topological polar surface area (TPSA) is 81.4 Å². The second-order valence-corrected chi connectivity index (χ2v) is 6.94. The number of amides is 1. The minimum Gasteiger partial charge on any atom is -0.444 e. The first-order valence-electron chi connectivity index (χ1n) is 8.09. The molecule has 0 aliphatic carbocycles. The van der Waals surface area contributed by atoms with E-state index in [0.717, 1.165) is 18.5 Å². The van der Waals surface area contributed by atoms with Crippen LogP contribution in [0.4, 0.5) is 4.79 Å². The Kier molecular flexibility index (Phi) is 4.26. The Morgan fingerprint density at radius 3 is 2.79 bits per heavy atom. The molecule has 2 aromatic rings. The summed E-state index contributed by atoms with van der Waals surface area (Å²) < 4.78 is 11.0. The van der Waals surface area contributed by atoms with Gasteiger partial charge >= 0.3 is 6.09 Å². The zero-order valence-electron chi connectivity index (χ0n) is 14.4. The standard InChI is InChI=1S/C17H22N4O3/c1-11-15(19-8-7-18-11)12-10-14(24-20-12)13-6-5-9-21(13)16(22)23-17(2,3)4/h7-8,10,13H,5-6,9H2,1-4H3/t13-/m1/s1. The highest BCUT2D eigenvalue weighted by molar-refractivity contribution is 5.69. The Morgan fingerprint density at radius 2 is 2.08 bits per heavy atom. The highest BCUT2D eigenvalue weighted by Crippen LogP contribution is 2.34. The van der Waals surface area contributed by atoms with Crippen LogP contribution in [0.3, 0.4) is 0 Å². The van der Waals surface area contributed by atoms with Crippen molar-refractivity contribution in [2.24, 2.45) is 0 Å². The molecule has 0 saturated carbocycles. The zero-order valence-corrected chi connectivity index (χ0v) is 14.4. The average Bonchev–Trinajstić information content (AvgIpc) is 3.14. The molecular weight excluding hydrogens is 308 g/mol. The van der Waals surface area contributed by atoms with Crippen molar-refractivity contribution >= 4 is 6.09 Å². The van der Waals surface area contributed by atoms with Gasteiger partial charge in [-0.1, -0.05) is 5.16 Å². The molecule has 24 heavy (non-hydrogen) atoms. The van der Waals surface area contributed by atoms with Crippen molar-refractivity contribution in [1.29, 1.82) is 0 Å². The van der Waals surface area contributed by atoms with Crippen LogP contribution in [0.5, 0.6) is 0 Å². The average molecular weight is 330 g/mol. The first-order valence-corrected chi connectivity index (χ1v) is 8.09. The lowest BCUT2D eigenvalue weighted by Crippen LogP contribution is -2.36.